The molecule has 9 heteroatoms. The molecule has 0 radical (unpaired) electrons. The zero-order valence-electron chi connectivity index (χ0n) is 15.1. The summed E-state index contributed by atoms with van der Waals surface area (Å²) in [5.74, 6) is -1.19. The lowest BCUT2D eigenvalue weighted by Crippen LogP contribution is -2.49. The van der Waals surface area contributed by atoms with Gasteiger partial charge in [-0.05, 0) is 12.1 Å². The Bertz CT molecular complexity index is 918. The smallest absolute Gasteiger partial charge is 0.318 e. The van der Waals surface area contributed by atoms with Crippen molar-refractivity contribution in [3.05, 3.63) is 42.1 Å². The van der Waals surface area contributed by atoms with Gasteiger partial charge in [0.2, 0.25) is 10.0 Å². The molecule has 1 N–H and O–H groups in total. The average molecular weight is 393 g/mol. The zero-order valence-corrected chi connectivity index (χ0v) is 15.9. The molecule has 2 heterocycles. The van der Waals surface area contributed by atoms with E-state index in [-0.39, 0.29) is 12.6 Å². The van der Waals surface area contributed by atoms with Crippen molar-refractivity contribution >= 4 is 26.9 Å². The molecule has 0 aliphatic carbocycles. The van der Waals surface area contributed by atoms with Crippen molar-refractivity contribution in [1.82, 2.24) is 14.2 Å². The molecule has 1 fully saturated rings. The number of rotatable bonds is 7. The number of sulfonamides is 1. The van der Waals surface area contributed by atoms with E-state index in [1.54, 1.807) is 0 Å². The van der Waals surface area contributed by atoms with E-state index in [1.165, 1.54) is 0 Å². The standard InChI is InChI=1S/C18H23N3O5S/c1-27(24,25)21(13-18(22)23)12-16-11-20(8-9-26-16)10-15-7-6-14-4-2-3-5-17(14)19-15/h2-7,16H,8-13H2,1H3,(H,22,23)/t16-/m0/s1. The van der Waals surface area contributed by atoms with Crippen LogP contribution < -0.4 is 0 Å². The summed E-state index contributed by atoms with van der Waals surface area (Å²) in [6.07, 6.45) is 0.628. The molecule has 0 unspecified atom stereocenters. The number of ether oxygens (including phenoxy) is 1. The van der Waals surface area contributed by atoms with Crippen molar-refractivity contribution in [2.75, 3.05) is 39.0 Å². The number of carboxylic acids is 1. The van der Waals surface area contributed by atoms with E-state index in [0.717, 1.165) is 27.2 Å². The molecule has 27 heavy (non-hydrogen) atoms. The van der Waals surface area contributed by atoms with E-state index in [4.69, 9.17) is 9.84 Å². The van der Waals surface area contributed by atoms with Gasteiger partial charge in [-0.2, -0.15) is 4.31 Å². The number of carboxylic acid groups (broad SMARTS) is 1. The number of para-hydroxylation sites is 1. The van der Waals surface area contributed by atoms with Gasteiger partial charge >= 0.3 is 5.97 Å². The maximum Gasteiger partial charge on any atom is 0.318 e. The van der Waals surface area contributed by atoms with E-state index in [1.807, 2.05) is 36.4 Å². The minimum Gasteiger partial charge on any atom is -0.480 e. The molecular formula is C18H23N3O5S. The summed E-state index contributed by atoms with van der Waals surface area (Å²) in [7, 11) is -3.62. The number of carbonyl (C=O) groups is 1. The largest absolute Gasteiger partial charge is 0.480 e. The predicted molar refractivity (Wildman–Crippen MR) is 101 cm³/mol. The van der Waals surface area contributed by atoms with Gasteiger partial charge in [-0.25, -0.2) is 8.42 Å². The fourth-order valence-electron chi connectivity index (χ4n) is 3.16. The first-order valence-electron chi connectivity index (χ1n) is 8.67. The molecule has 0 bridgehead atoms. The van der Waals surface area contributed by atoms with Crippen LogP contribution in [0.1, 0.15) is 5.69 Å². The molecule has 1 saturated heterocycles. The molecule has 3 rings (SSSR count). The van der Waals surface area contributed by atoms with Gasteiger partial charge in [0.1, 0.15) is 6.54 Å². The van der Waals surface area contributed by atoms with Crippen LogP contribution >= 0.6 is 0 Å². The number of hydrogen-bond donors (Lipinski definition) is 1. The highest BCUT2D eigenvalue weighted by molar-refractivity contribution is 7.88. The van der Waals surface area contributed by atoms with Crippen LogP contribution in [0.25, 0.3) is 10.9 Å². The lowest BCUT2D eigenvalue weighted by molar-refractivity contribution is -0.137. The highest BCUT2D eigenvalue weighted by atomic mass is 32.2. The highest BCUT2D eigenvalue weighted by Crippen LogP contribution is 2.15. The second-order valence-corrected chi connectivity index (χ2v) is 8.65. The van der Waals surface area contributed by atoms with Crippen LogP contribution in [0.15, 0.2) is 36.4 Å². The molecule has 0 spiro atoms. The van der Waals surface area contributed by atoms with Crippen LogP contribution in [0.3, 0.4) is 0 Å². The molecule has 0 amide bonds. The normalized spacial score (nSPS) is 18.8. The minimum atomic E-state index is -3.62. The van der Waals surface area contributed by atoms with Crippen molar-refractivity contribution in [3.63, 3.8) is 0 Å². The van der Waals surface area contributed by atoms with Crippen molar-refractivity contribution in [3.8, 4) is 0 Å². The van der Waals surface area contributed by atoms with Crippen LogP contribution in [-0.4, -0.2) is 78.8 Å². The number of hydrogen-bond acceptors (Lipinski definition) is 6. The van der Waals surface area contributed by atoms with Crippen molar-refractivity contribution in [2.24, 2.45) is 0 Å². The molecule has 1 aromatic carbocycles. The Hall–Kier alpha value is -2.07. The molecule has 1 aliphatic heterocycles. The van der Waals surface area contributed by atoms with E-state index >= 15 is 0 Å². The van der Waals surface area contributed by atoms with Crippen LogP contribution in [-0.2, 0) is 26.1 Å². The fraction of sp³-hybridized carbons (Fsp3) is 0.444. The Morgan fingerprint density at radius 3 is 2.85 bits per heavy atom. The number of pyridine rings is 1. The quantitative estimate of drug-likeness (QED) is 0.742. The summed E-state index contributed by atoms with van der Waals surface area (Å²) in [5, 5.41) is 10.0. The fourth-order valence-corrected chi connectivity index (χ4v) is 3.94. The number of aromatic nitrogens is 1. The first-order valence-corrected chi connectivity index (χ1v) is 10.5. The lowest BCUT2D eigenvalue weighted by atomic mass is 10.2. The first kappa shape index (κ1) is 19.7. The highest BCUT2D eigenvalue weighted by Gasteiger charge is 2.28. The molecule has 8 nitrogen and oxygen atoms in total. The maximum atomic E-state index is 11.8. The van der Waals surface area contributed by atoms with E-state index < -0.39 is 22.5 Å². The zero-order chi connectivity index (χ0) is 19.4. The van der Waals surface area contributed by atoms with Gasteiger partial charge < -0.3 is 9.84 Å². The van der Waals surface area contributed by atoms with Crippen LogP contribution in [0, 0.1) is 0 Å². The van der Waals surface area contributed by atoms with Gasteiger partial charge in [0, 0.05) is 31.6 Å². The number of morpholine rings is 1. The Morgan fingerprint density at radius 1 is 1.33 bits per heavy atom. The predicted octanol–water partition coefficient (Wildman–Crippen LogP) is 0.782. The lowest BCUT2D eigenvalue weighted by Gasteiger charge is -2.34. The van der Waals surface area contributed by atoms with Gasteiger partial charge in [0.05, 0.1) is 30.2 Å². The van der Waals surface area contributed by atoms with Gasteiger partial charge in [0.15, 0.2) is 0 Å². The molecule has 146 valence electrons. The summed E-state index contributed by atoms with van der Waals surface area (Å²) < 4.78 is 30.2. The van der Waals surface area contributed by atoms with Gasteiger partial charge in [0.25, 0.3) is 0 Å². The summed E-state index contributed by atoms with van der Waals surface area (Å²) in [6, 6.07) is 11.9. The number of nitrogens with zero attached hydrogens (tertiary/aromatic N) is 3. The van der Waals surface area contributed by atoms with Gasteiger partial charge in [-0.1, -0.05) is 24.3 Å². The van der Waals surface area contributed by atoms with Crippen molar-refractivity contribution in [2.45, 2.75) is 12.6 Å². The van der Waals surface area contributed by atoms with Gasteiger partial charge in [-0.3, -0.25) is 14.7 Å². The molecule has 1 atom stereocenters. The van der Waals surface area contributed by atoms with Crippen LogP contribution in [0.2, 0.25) is 0 Å². The monoisotopic (exact) mass is 393 g/mol. The molecule has 0 saturated carbocycles. The topological polar surface area (TPSA) is 100 Å². The Kier molecular flexibility index (Phi) is 6.05. The number of fused-ring (bicyclic) bond motifs is 1. The Labute approximate surface area is 158 Å². The number of aliphatic carboxylic acids is 1. The summed E-state index contributed by atoms with van der Waals surface area (Å²) in [6.45, 7) is 1.77. The second kappa shape index (κ2) is 8.30. The third-order valence-electron chi connectivity index (χ3n) is 4.45. The third kappa shape index (κ3) is 5.46. The Morgan fingerprint density at radius 2 is 2.11 bits per heavy atom. The van der Waals surface area contributed by atoms with Crippen molar-refractivity contribution in [1.29, 1.82) is 0 Å². The first-order chi connectivity index (χ1) is 12.8. The van der Waals surface area contributed by atoms with E-state index in [0.29, 0.717) is 26.2 Å². The van der Waals surface area contributed by atoms with Crippen LogP contribution in [0.5, 0.6) is 0 Å². The third-order valence-corrected chi connectivity index (χ3v) is 5.67. The average Bonchev–Trinajstić information content (AvgIpc) is 2.60. The summed E-state index contributed by atoms with van der Waals surface area (Å²) >= 11 is 0. The van der Waals surface area contributed by atoms with Gasteiger partial charge in [-0.15, -0.1) is 0 Å². The van der Waals surface area contributed by atoms with E-state index in [2.05, 4.69) is 9.88 Å². The Balaban J connectivity index is 1.65. The second-order valence-electron chi connectivity index (χ2n) is 6.67. The molecular weight excluding hydrogens is 370 g/mol. The maximum absolute atomic E-state index is 11.8. The molecule has 1 aromatic heterocycles. The number of benzene rings is 1. The summed E-state index contributed by atoms with van der Waals surface area (Å²) in [5.41, 5.74) is 1.87. The van der Waals surface area contributed by atoms with Crippen LogP contribution in [0.4, 0.5) is 0 Å². The van der Waals surface area contributed by atoms with Crippen molar-refractivity contribution < 1.29 is 23.1 Å². The van der Waals surface area contributed by atoms with E-state index in [9.17, 15) is 13.2 Å². The SMILES string of the molecule is CS(=O)(=O)N(CC(=O)O)C[C@@H]1CN(Cc2ccc3ccccc3n2)CCO1. The molecule has 1 aliphatic rings. The minimum absolute atomic E-state index is 0.0206. The molecule has 2 aromatic rings. The summed E-state index contributed by atoms with van der Waals surface area (Å²) in [4.78, 5) is 17.8.